The highest BCUT2D eigenvalue weighted by atomic mass is 15.4. The number of aryl methyl sites for hydroxylation is 1. The van der Waals surface area contributed by atoms with Gasteiger partial charge < -0.3 is 5.32 Å². The Kier molecular flexibility index (Phi) is 5.34. The number of likely N-dealkylation sites (tertiary alicyclic amines) is 1. The molecule has 0 aromatic carbocycles. The van der Waals surface area contributed by atoms with Crippen LogP contribution in [-0.2, 0) is 13.6 Å². The lowest BCUT2D eigenvalue weighted by Gasteiger charge is -2.35. The van der Waals surface area contributed by atoms with Gasteiger partial charge in [-0.3, -0.25) is 9.58 Å². The van der Waals surface area contributed by atoms with E-state index >= 15 is 0 Å². The van der Waals surface area contributed by atoms with Crippen molar-refractivity contribution >= 4 is 0 Å². The molecule has 108 valence electrons. The molecule has 5 nitrogen and oxygen atoms in total. The molecular weight excluding hydrogens is 238 g/mol. The van der Waals surface area contributed by atoms with Gasteiger partial charge in [-0.1, -0.05) is 12.1 Å². The summed E-state index contributed by atoms with van der Waals surface area (Å²) in [5.41, 5.74) is 1.08. The molecule has 0 amide bonds. The van der Waals surface area contributed by atoms with Crippen LogP contribution in [0.4, 0.5) is 0 Å². The van der Waals surface area contributed by atoms with Crippen molar-refractivity contribution in [1.82, 2.24) is 25.2 Å². The summed E-state index contributed by atoms with van der Waals surface area (Å²) < 4.78 is 1.78. The Balaban J connectivity index is 1.83. The van der Waals surface area contributed by atoms with Gasteiger partial charge in [0.2, 0.25) is 0 Å². The van der Waals surface area contributed by atoms with Crippen molar-refractivity contribution < 1.29 is 0 Å². The number of hydrogen-bond acceptors (Lipinski definition) is 4. The van der Waals surface area contributed by atoms with E-state index in [0.717, 1.165) is 24.7 Å². The second-order valence-electron chi connectivity index (χ2n) is 5.76. The topological polar surface area (TPSA) is 46.0 Å². The largest absolute Gasteiger partial charge is 0.314 e. The maximum atomic E-state index is 4.19. The fraction of sp³-hybridized carbons (Fsp3) is 0.857. The summed E-state index contributed by atoms with van der Waals surface area (Å²) >= 11 is 0. The van der Waals surface area contributed by atoms with Gasteiger partial charge in [-0.05, 0) is 45.2 Å². The molecule has 1 aliphatic heterocycles. The zero-order valence-electron chi connectivity index (χ0n) is 12.5. The molecule has 0 bridgehead atoms. The van der Waals surface area contributed by atoms with E-state index in [2.05, 4.69) is 34.4 Å². The first-order valence-corrected chi connectivity index (χ1v) is 7.50. The summed E-state index contributed by atoms with van der Waals surface area (Å²) in [6.07, 6.45) is 5.86. The summed E-state index contributed by atoms with van der Waals surface area (Å²) in [7, 11) is 1.92. The SMILES string of the molecule is CCCNC(C)C1CCCN(Cc2cn(C)nn2)C1. The Hall–Kier alpha value is -0.940. The van der Waals surface area contributed by atoms with Crippen molar-refractivity contribution in [2.24, 2.45) is 13.0 Å². The number of hydrogen-bond donors (Lipinski definition) is 1. The first kappa shape index (κ1) is 14.5. The zero-order valence-corrected chi connectivity index (χ0v) is 12.5. The van der Waals surface area contributed by atoms with E-state index in [0.29, 0.717) is 6.04 Å². The first-order chi connectivity index (χ1) is 9.19. The summed E-state index contributed by atoms with van der Waals surface area (Å²) in [4.78, 5) is 2.52. The van der Waals surface area contributed by atoms with Gasteiger partial charge in [-0.25, -0.2) is 0 Å². The first-order valence-electron chi connectivity index (χ1n) is 7.50. The number of nitrogens with zero attached hydrogens (tertiary/aromatic N) is 4. The van der Waals surface area contributed by atoms with Gasteiger partial charge >= 0.3 is 0 Å². The summed E-state index contributed by atoms with van der Waals surface area (Å²) in [6, 6.07) is 0.615. The number of aromatic nitrogens is 3. The maximum absolute atomic E-state index is 4.19. The molecule has 1 N–H and O–H groups in total. The van der Waals surface area contributed by atoms with Crippen LogP contribution in [0.2, 0.25) is 0 Å². The zero-order chi connectivity index (χ0) is 13.7. The standard InChI is InChI=1S/C14H27N5/c1-4-7-15-12(2)13-6-5-8-19(9-13)11-14-10-18(3)17-16-14/h10,12-13,15H,4-9,11H2,1-3H3. The summed E-state index contributed by atoms with van der Waals surface area (Å²) in [5.74, 6) is 0.761. The monoisotopic (exact) mass is 265 g/mol. The fourth-order valence-corrected chi connectivity index (χ4v) is 2.88. The third kappa shape index (κ3) is 4.28. The Morgan fingerprint density at radius 3 is 3.05 bits per heavy atom. The minimum atomic E-state index is 0.615. The Bertz CT molecular complexity index is 376. The molecule has 19 heavy (non-hydrogen) atoms. The van der Waals surface area contributed by atoms with Crippen molar-refractivity contribution in [3.05, 3.63) is 11.9 Å². The lowest BCUT2D eigenvalue weighted by atomic mass is 9.91. The van der Waals surface area contributed by atoms with Crippen LogP contribution < -0.4 is 5.32 Å². The van der Waals surface area contributed by atoms with E-state index in [4.69, 9.17) is 0 Å². The molecule has 2 heterocycles. The molecule has 1 aromatic heterocycles. The molecule has 0 spiro atoms. The van der Waals surface area contributed by atoms with Gasteiger partial charge in [-0.2, -0.15) is 0 Å². The number of nitrogens with one attached hydrogen (secondary N) is 1. The van der Waals surface area contributed by atoms with Gasteiger partial charge in [0.1, 0.15) is 0 Å². The van der Waals surface area contributed by atoms with Gasteiger partial charge in [-0.15, -0.1) is 5.10 Å². The minimum absolute atomic E-state index is 0.615. The Labute approximate surface area is 116 Å². The highest BCUT2D eigenvalue weighted by Gasteiger charge is 2.24. The van der Waals surface area contributed by atoms with E-state index in [1.54, 1.807) is 4.68 Å². The van der Waals surface area contributed by atoms with E-state index in [9.17, 15) is 0 Å². The van der Waals surface area contributed by atoms with E-state index in [1.807, 2.05) is 13.2 Å². The molecule has 1 saturated heterocycles. The van der Waals surface area contributed by atoms with Crippen LogP contribution in [0.5, 0.6) is 0 Å². The molecule has 1 fully saturated rings. The molecule has 0 saturated carbocycles. The lowest BCUT2D eigenvalue weighted by Crippen LogP contribution is -2.44. The quantitative estimate of drug-likeness (QED) is 0.845. The normalized spacial score (nSPS) is 22.6. The predicted molar refractivity (Wildman–Crippen MR) is 76.8 cm³/mol. The molecule has 2 rings (SSSR count). The van der Waals surface area contributed by atoms with Gasteiger partial charge in [0, 0.05) is 32.4 Å². The average Bonchev–Trinajstić information content (AvgIpc) is 2.81. The highest BCUT2D eigenvalue weighted by molar-refractivity contribution is 4.93. The van der Waals surface area contributed by atoms with Crippen LogP contribution in [0.25, 0.3) is 0 Å². The third-order valence-electron chi connectivity index (χ3n) is 4.00. The average molecular weight is 265 g/mol. The van der Waals surface area contributed by atoms with Crippen LogP contribution in [0.3, 0.4) is 0 Å². The van der Waals surface area contributed by atoms with Crippen LogP contribution in [0.15, 0.2) is 6.20 Å². The highest BCUT2D eigenvalue weighted by Crippen LogP contribution is 2.20. The van der Waals surface area contributed by atoms with E-state index < -0.39 is 0 Å². The third-order valence-corrected chi connectivity index (χ3v) is 4.00. The van der Waals surface area contributed by atoms with Crippen molar-refractivity contribution in [1.29, 1.82) is 0 Å². The number of rotatable bonds is 6. The Morgan fingerprint density at radius 1 is 1.53 bits per heavy atom. The summed E-state index contributed by atoms with van der Waals surface area (Å²) in [5, 5.41) is 11.8. The van der Waals surface area contributed by atoms with Crippen LogP contribution in [0.1, 0.15) is 38.8 Å². The lowest BCUT2D eigenvalue weighted by molar-refractivity contribution is 0.143. The molecular formula is C14H27N5. The smallest absolute Gasteiger partial charge is 0.0967 e. The summed E-state index contributed by atoms with van der Waals surface area (Å²) in [6.45, 7) is 8.97. The maximum Gasteiger partial charge on any atom is 0.0967 e. The van der Waals surface area contributed by atoms with Crippen LogP contribution >= 0.6 is 0 Å². The van der Waals surface area contributed by atoms with Crippen molar-refractivity contribution in [3.8, 4) is 0 Å². The molecule has 1 aliphatic rings. The van der Waals surface area contributed by atoms with Gasteiger partial charge in [0.05, 0.1) is 5.69 Å². The van der Waals surface area contributed by atoms with Crippen LogP contribution in [-0.4, -0.2) is 45.6 Å². The molecule has 2 atom stereocenters. The number of piperidine rings is 1. The van der Waals surface area contributed by atoms with Crippen molar-refractivity contribution in [2.45, 2.75) is 45.7 Å². The second kappa shape index (κ2) is 7.01. The van der Waals surface area contributed by atoms with Gasteiger partial charge in [0.15, 0.2) is 0 Å². The van der Waals surface area contributed by atoms with Crippen molar-refractivity contribution in [2.75, 3.05) is 19.6 Å². The fourth-order valence-electron chi connectivity index (χ4n) is 2.88. The minimum Gasteiger partial charge on any atom is -0.314 e. The molecule has 1 aromatic rings. The predicted octanol–water partition coefficient (Wildman–Crippen LogP) is 1.42. The van der Waals surface area contributed by atoms with Gasteiger partial charge in [0.25, 0.3) is 0 Å². The second-order valence-corrected chi connectivity index (χ2v) is 5.76. The molecule has 5 heteroatoms. The molecule has 0 radical (unpaired) electrons. The van der Waals surface area contributed by atoms with E-state index in [1.165, 1.54) is 32.4 Å². The van der Waals surface area contributed by atoms with Crippen molar-refractivity contribution in [3.63, 3.8) is 0 Å². The Morgan fingerprint density at radius 2 is 2.37 bits per heavy atom. The van der Waals surface area contributed by atoms with E-state index in [-0.39, 0.29) is 0 Å². The molecule has 0 aliphatic carbocycles. The molecule has 2 unspecified atom stereocenters. The van der Waals surface area contributed by atoms with Crippen LogP contribution in [0, 0.1) is 5.92 Å².